The molecule has 0 aromatic heterocycles. The van der Waals surface area contributed by atoms with Crippen LogP contribution >= 0.6 is 22.6 Å². The monoisotopic (exact) mass is 468 g/mol. The molecule has 6 heteroatoms. The van der Waals surface area contributed by atoms with E-state index in [1.807, 2.05) is 20.8 Å². The fourth-order valence-electron chi connectivity index (χ4n) is 1.67. The molecule has 0 spiro atoms. The van der Waals surface area contributed by atoms with Crippen molar-refractivity contribution in [1.82, 2.24) is 3.53 Å². The molecule has 1 fully saturated rings. The second kappa shape index (κ2) is 5.46. The van der Waals surface area contributed by atoms with Crippen LogP contribution in [0.25, 0.3) is 0 Å². The number of hydrogen-bond acceptors (Lipinski definition) is 4. The Labute approximate surface area is 127 Å². The van der Waals surface area contributed by atoms with Crippen molar-refractivity contribution in [3.8, 4) is 0 Å². The van der Waals surface area contributed by atoms with E-state index in [2.05, 4.69) is 26.1 Å². The summed E-state index contributed by atoms with van der Waals surface area (Å²) in [6.45, 7) is 9.14. The summed E-state index contributed by atoms with van der Waals surface area (Å²) in [6, 6.07) is 0. The molecule has 2 N–H and O–H groups in total. The van der Waals surface area contributed by atoms with Crippen LogP contribution in [0.1, 0.15) is 34.6 Å². The molecule has 0 bridgehead atoms. The van der Waals surface area contributed by atoms with Crippen molar-refractivity contribution in [3.63, 3.8) is 0 Å². The Morgan fingerprint density at radius 1 is 1.47 bits per heavy atom. The summed E-state index contributed by atoms with van der Waals surface area (Å²) in [5.41, 5.74) is -1.01. The van der Waals surface area contributed by atoms with Gasteiger partial charge in [0.1, 0.15) is 0 Å². The van der Waals surface area contributed by atoms with Crippen molar-refractivity contribution < 1.29 is 36.1 Å². The van der Waals surface area contributed by atoms with Crippen molar-refractivity contribution in [2.75, 3.05) is 0 Å². The van der Waals surface area contributed by atoms with Gasteiger partial charge in [0.15, 0.2) is 0 Å². The van der Waals surface area contributed by atoms with Gasteiger partial charge in [0.25, 0.3) is 0 Å². The molecule has 3 atom stereocenters. The van der Waals surface area contributed by atoms with Crippen LogP contribution in [0.5, 0.6) is 0 Å². The molecule has 0 aromatic carbocycles. The van der Waals surface area contributed by atoms with E-state index in [1.54, 1.807) is 13.8 Å². The Bertz CT molecular complexity index is 296. The molecule has 17 heavy (non-hydrogen) atoms. The predicted octanol–water partition coefficient (Wildman–Crippen LogP) is -1.55. The number of carbonyl (C=O) groups excluding carboxylic acids is 1. The zero-order valence-electron chi connectivity index (χ0n) is 10.8. The van der Waals surface area contributed by atoms with Crippen LogP contribution in [0.4, 0.5) is 0 Å². The van der Waals surface area contributed by atoms with Gasteiger partial charge >= 0.3 is 128 Å². The Balaban J connectivity index is 2.71. The summed E-state index contributed by atoms with van der Waals surface area (Å²) in [7, 11) is 0. The summed E-state index contributed by atoms with van der Waals surface area (Å²) in [5, 5.41) is 10.0. The predicted molar refractivity (Wildman–Crippen MR) is 70.4 cm³/mol. The number of esters is 1. The molecule has 0 aromatic rings. The molecule has 1 aliphatic heterocycles. The number of carbonyl (C=O) groups is 1. The summed E-state index contributed by atoms with van der Waals surface area (Å²) < 4.78 is 8.54. The number of alkyl halides is 2. The third kappa shape index (κ3) is 4.17. The van der Waals surface area contributed by atoms with E-state index in [-0.39, 0.29) is 33.4 Å². The minimum absolute atomic E-state index is 0.0405. The van der Waals surface area contributed by atoms with Crippen molar-refractivity contribution in [1.29, 1.82) is 0 Å². The molecule has 102 valence electrons. The van der Waals surface area contributed by atoms with E-state index in [9.17, 15) is 9.90 Å². The summed E-state index contributed by atoms with van der Waals surface area (Å²) in [6.07, 6.45) is -0.471. The van der Waals surface area contributed by atoms with Crippen LogP contribution in [0.15, 0.2) is 0 Å². The van der Waals surface area contributed by atoms with Gasteiger partial charge in [-0.3, -0.25) is 0 Å². The zero-order chi connectivity index (χ0) is 13.4. The van der Waals surface area contributed by atoms with Crippen LogP contribution in [0, 0.1) is 5.92 Å². The van der Waals surface area contributed by atoms with E-state index in [1.165, 1.54) is 0 Å². The Morgan fingerprint density at radius 3 is 2.24 bits per heavy atom. The van der Waals surface area contributed by atoms with Gasteiger partial charge in [-0.25, -0.2) is 0 Å². The van der Waals surface area contributed by atoms with Crippen LogP contribution in [0.3, 0.4) is 0 Å². The summed E-state index contributed by atoms with van der Waals surface area (Å²) in [4.78, 5) is 12.1. The van der Waals surface area contributed by atoms with E-state index < -0.39 is 15.1 Å². The maximum atomic E-state index is 12.1. The molecule has 1 aliphatic rings. The molecular formula is C11H20I2NO3-. The van der Waals surface area contributed by atoms with Crippen LogP contribution < -0.4 is 25.0 Å². The number of halogens is 2. The van der Waals surface area contributed by atoms with Gasteiger partial charge in [0, 0.05) is 0 Å². The van der Waals surface area contributed by atoms with Crippen molar-refractivity contribution in [2.24, 2.45) is 5.92 Å². The number of aliphatic hydroxyl groups is 1. The normalized spacial score (nSPS) is 25.8. The van der Waals surface area contributed by atoms with Gasteiger partial charge in [-0.2, -0.15) is 0 Å². The van der Waals surface area contributed by atoms with Gasteiger partial charge in [-0.1, -0.05) is 0 Å². The molecule has 4 nitrogen and oxygen atoms in total. The number of ether oxygens (including phenoxy) is 1. The summed E-state index contributed by atoms with van der Waals surface area (Å²) in [5.74, 6) is -0.137. The second-order valence-corrected chi connectivity index (χ2v) is 10.1. The zero-order valence-corrected chi connectivity index (χ0v) is 15.1. The molecule has 0 amide bonds. The first-order valence-electron chi connectivity index (χ1n) is 5.57. The third-order valence-electron chi connectivity index (χ3n) is 2.63. The Kier molecular flexibility index (Phi) is 5.11. The average Bonchev–Trinajstić information content (AvgIpc) is 2.93. The molecule has 1 saturated heterocycles. The molecular weight excluding hydrogens is 448 g/mol. The SMILES string of the molecule is CC(C)C(OC(=O)C(C)(I)C1N[I-]1)C(C)(C)O. The fraction of sp³-hybridized carbons (Fsp3) is 0.909. The topological polar surface area (TPSA) is 68.5 Å². The van der Waals surface area contributed by atoms with Crippen LogP contribution in [-0.4, -0.2) is 30.3 Å². The van der Waals surface area contributed by atoms with Crippen molar-refractivity contribution in [3.05, 3.63) is 0 Å². The molecule has 0 radical (unpaired) electrons. The van der Waals surface area contributed by atoms with Crippen molar-refractivity contribution >= 4 is 28.6 Å². The van der Waals surface area contributed by atoms with E-state index in [0.717, 1.165) is 0 Å². The van der Waals surface area contributed by atoms with Crippen LogP contribution in [-0.2, 0) is 9.53 Å². The maximum absolute atomic E-state index is 12.1. The standard InChI is InChI=1S/C11H20I2NO3/c1-6(2)7(10(3,4)16)17-9(15)11(5,12)8-13-14-8/h6-8,14,16H,1-5H3/q-1. The molecule has 1 rings (SSSR count). The van der Waals surface area contributed by atoms with Gasteiger partial charge in [-0.05, 0) is 0 Å². The minimum atomic E-state index is -1.01. The van der Waals surface area contributed by atoms with Gasteiger partial charge in [-0.15, -0.1) is 0 Å². The first kappa shape index (κ1) is 15.9. The van der Waals surface area contributed by atoms with Gasteiger partial charge < -0.3 is 0 Å². The average molecular weight is 468 g/mol. The fourth-order valence-corrected chi connectivity index (χ4v) is 4.98. The number of nitrogens with one attached hydrogen (secondary N) is 1. The van der Waals surface area contributed by atoms with Crippen molar-refractivity contribution in [2.45, 2.75) is 53.8 Å². The Hall–Kier alpha value is 0.850. The Morgan fingerprint density at radius 2 is 1.94 bits per heavy atom. The van der Waals surface area contributed by atoms with Gasteiger partial charge in [0.2, 0.25) is 0 Å². The first-order chi connectivity index (χ1) is 7.56. The molecule has 1 heterocycles. The number of rotatable bonds is 5. The quantitative estimate of drug-likeness (QED) is 0.128. The van der Waals surface area contributed by atoms with Gasteiger partial charge in [0.05, 0.1) is 0 Å². The molecule has 0 saturated carbocycles. The van der Waals surface area contributed by atoms with E-state index in [0.29, 0.717) is 4.05 Å². The molecule has 3 unspecified atom stereocenters. The van der Waals surface area contributed by atoms with E-state index >= 15 is 0 Å². The van der Waals surface area contributed by atoms with Crippen LogP contribution in [0.2, 0.25) is 0 Å². The number of hydrogen-bond donors (Lipinski definition) is 2. The summed E-state index contributed by atoms with van der Waals surface area (Å²) >= 11 is 2.11. The van der Waals surface area contributed by atoms with E-state index in [4.69, 9.17) is 4.74 Å². The third-order valence-corrected chi connectivity index (χ3v) is 7.38. The second-order valence-electron chi connectivity index (χ2n) is 5.38. The first-order valence-corrected chi connectivity index (χ1v) is 8.97. The molecule has 0 aliphatic carbocycles.